The van der Waals surface area contributed by atoms with Gasteiger partial charge in [0.1, 0.15) is 0 Å². The van der Waals surface area contributed by atoms with E-state index in [-0.39, 0.29) is 0 Å². The van der Waals surface area contributed by atoms with E-state index in [1.165, 1.54) is 4.80 Å². The van der Waals surface area contributed by atoms with Gasteiger partial charge in [0.15, 0.2) is 0 Å². The minimum Gasteiger partial charge on any atom is -0.164 e. The Morgan fingerprint density at radius 2 is 2.12 bits per heavy atom. The quantitative estimate of drug-likeness (QED) is 0.441. The molecule has 0 N–H and O–H groups in total. The zero-order valence-electron chi connectivity index (χ0n) is 8.43. The van der Waals surface area contributed by atoms with Gasteiger partial charge >= 0.3 is 0 Å². The molecule has 0 amide bonds. The van der Waals surface area contributed by atoms with Gasteiger partial charge in [0.2, 0.25) is 5.82 Å². The minimum atomic E-state index is 0.321. The lowest BCUT2D eigenvalue weighted by molar-refractivity contribution is 0.530. The molecule has 7 heteroatoms. The van der Waals surface area contributed by atoms with Crippen LogP contribution in [0.25, 0.3) is 21.8 Å². The molecule has 0 saturated carbocycles. The molecule has 2 aromatic rings. The lowest BCUT2D eigenvalue weighted by Gasteiger charge is -1.92. The summed E-state index contributed by atoms with van der Waals surface area (Å²) >= 11 is 0. The zero-order valence-corrected chi connectivity index (χ0v) is 8.43. The van der Waals surface area contributed by atoms with Crippen LogP contribution in [0.4, 0.5) is 0 Å². The van der Waals surface area contributed by atoms with E-state index in [9.17, 15) is 0 Å². The van der Waals surface area contributed by atoms with Crippen LogP contribution >= 0.6 is 0 Å². The Kier molecular flexibility index (Phi) is 3.10. The van der Waals surface area contributed by atoms with E-state index in [1.54, 1.807) is 0 Å². The van der Waals surface area contributed by atoms with Crippen LogP contribution in [-0.4, -0.2) is 26.8 Å². The molecule has 0 aliphatic heterocycles. The van der Waals surface area contributed by atoms with E-state index in [2.05, 4.69) is 25.4 Å². The van der Waals surface area contributed by atoms with Crippen LogP contribution < -0.4 is 0 Å². The molecule has 80 valence electrons. The number of aromatic nitrogens is 4. The summed E-state index contributed by atoms with van der Waals surface area (Å²) in [6.45, 7) is 0.755. The molecule has 0 atom stereocenters. The molecule has 1 heterocycles. The van der Waals surface area contributed by atoms with Gasteiger partial charge in [0, 0.05) is 17.0 Å². The molecule has 1 aromatic heterocycles. The maximum Gasteiger partial charge on any atom is 0.204 e. The predicted octanol–water partition coefficient (Wildman–Crippen LogP) is 1.65. The summed E-state index contributed by atoms with van der Waals surface area (Å²) in [6.07, 6.45) is 0. The molecule has 16 heavy (non-hydrogen) atoms. The normalized spacial score (nSPS) is 9.75. The average Bonchev–Trinajstić information content (AvgIpc) is 2.79. The van der Waals surface area contributed by atoms with Crippen LogP contribution in [-0.2, 0) is 6.54 Å². The van der Waals surface area contributed by atoms with Crippen LogP contribution in [0.15, 0.2) is 35.4 Å². The van der Waals surface area contributed by atoms with Crippen molar-refractivity contribution in [1.82, 2.24) is 20.2 Å². The smallest absolute Gasteiger partial charge is 0.164 e. The Balaban J connectivity index is 2.11. The molecule has 7 nitrogen and oxygen atoms in total. The summed E-state index contributed by atoms with van der Waals surface area (Å²) in [7, 11) is 0. The van der Waals surface area contributed by atoms with E-state index in [0.717, 1.165) is 5.56 Å². The van der Waals surface area contributed by atoms with Crippen molar-refractivity contribution in [2.75, 3.05) is 6.54 Å². The Morgan fingerprint density at radius 3 is 2.88 bits per heavy atom. The van der Waals surface area contributed by atoms with Gasteiger partial charge in [-0.15, -0.1) is 10.2 Å². The van der Waals surface area contributed by atoms with Crippen LogP contribution in [0.5, 0.6) is 0 Å². The number of hydrogen-bond donors (Lipinski definition) is 0. The van der Waals surface area contributed by atoms with Crippen molar-refractivity contribution in [3.8, 4) is 11.4 Å². The van der Waals surface area contributed by atoms with Crippen LogP contribution in [0, 0.1) is 0 Å². The Hall–Kier alpha value is -2.40. The van der Waals surface area contributed by atoms with Gasteiger partial charge in [0.05, 0.1) is 6.54 Å². The third-order valence-electron chi connectivity index (χ3n) is 1.95. The van der Waals surface area contributed by atoms with Gasteiger partial charge in [-0.1, -0.05) is 35.4 Å². The first kappa shape index (κ1) is 10.1. The fourth-order valence-corrected chi connectivity index (χ4v) is 1.22. The first-order valence-electron chi connectivity index (χ1n) is 4.74. The van der Waals surface area contributed by atoms with Crippen molar-refractivity contribution in [2.24, 2.45) is 5.11 Å². The standard InChI is InChI=1S/C9H9N7/c10-14-11-6-7-16-13-9(12-15-16)8-4-2-1-3-5-8/h1-5H,6-7H2. The van der Waals surface area contributed by atoms with E-state index >= 15 is 0 Å². The van der Waals surface area contributed by atoms with Crippen molar-refractivity contribution in [1.29, 1.82) is 0 Å². The van der Waals surface area contributed by atoms with E-state index in [0.29, 0.717) is 18.9 Å². The Morgan fingerprint density at radius 1 is 1.31 bits per heavy atom. The monoisotopic (exact) mass is 215 g/mol. The van der Waals surface area contributed by atoms with Crippen molar-refractivity contribution < 1.29 is 0 Å². The van der Waals surface area contributed by atoms with Crippen molar-refractivity contribution in [3.05, 3.63) is 40.8 Å². The summed E-state index contributed by atoms with van der Waals surface area (Å²) < 4.78 is 0. The Bertz CT molecular complexity index is 498. The van der Waals surface area contributed by atoms with Crippen LogP contribution in [0.3, 0.4) is 0 Å². The van der Waals surface area contributed by atoms with Crippen molar-refractivity contribution in [3.63, 3.8) is 0 Å². The number of benzene rings is 1. The molecular weight excluding hydrogens is 206 g/mol. The van der Waals surface area contributed by atoms with Gasteiger partial charge in [0.25, 0.3) is 0 Å². The third kappa shape index (κ3) is 2.34. The maximum atomic E-state index is 8.12. The predicted molar refractivity (Wildman–Crippen MR) is 57.3 cm³/mol. The number of tetrazole rings is 1. The first-order chi connectivity index (χ1) is 7.90. The molecule has 1 aromatic carbocycles. The summed E-state index contributed by atoms with van der Waals surface area (Å²) in [5, 5.41) is 15.3. The first-order valence-corrected chi connectivity index (χ1v) is 4.74. The highest BCUT2D eigenvalue weighted by Gasteiger charge is 2.03. The number of azide groups is 1. The van der Waals surface area contributed by atoms with Gasteiger partial charge in [-0.2, -0.15) is 4.80 Å². The second-order valence-corrected chi connectivity index (χ2v) is 3.03. The summed E-state index contributed by atoms with van der Waals surface area (Å²) in [5.74, 6) is 0.571. The molecule has 0 fully saturated rings. The van der Waals surface area contributed by atoms with Crippen LogP contribution in [0.1, 0.15) is 0 Å². The molecule has 2 rings (SSSR count). The molecule has 0 unspecified atom stereocenters. The minimum absolute atomic E-state index is 0.321. The highest BCUT2D eigenvalue weighted by molar-refractivity contribution is 5.52. The number of rotatable bonds is 4. The summed E-state index contributed by atoms with van der Waals surface area (Å²) in [4.78, 5) is 4.07. The highest BCUT2D eigenvalue weighted by Crippen LogP contribution is 2.11. The second-order valence-electron chi connectivity index (χ2n) is 3.03. The van der Waals surface area contributed by atoms with E-state index in [4.69, 9.17) is 5.53 Å². The fraction of sp³-hybridized carbons (Fsp3) is 0.222. The SMILES string of the molecule is [N-]=[N+]=NCCn1nnc(-c2ccccc2)n1. The molecule has 0 saturated heterocycles. The van der Waals surface area contributed by atoms with Gasteiger partial charge in [-0.25, -0.2) is 0 Å². The molecule has 0 aliphatic carbocycles. The van der Waals surface area contributed by atoms with E-state index < -0.39 is 0 Å². The average molecular weight is 215 g/mol. The zero-order chi connectivity index (χ0) is 11.2. The maximum absolute atomic E-state index is 8.12. The molecule has 0 aliphatic rings. The fourth-order valence-electron chi connectivity index (χ4n) is 1.22. The lowest BCUT2D eigenvalue weighted by Crippen LogP contribution is -2.04. The number of hydrogen-bond acceptors (Lipinski definition) is 4. The lowest BCUT2D eigenvalue weighted by atomic mass is 10.2. The number of nitrogens with zero attached hydrogens (tertiary/aromatic N) is 7. The van der Waals surface area contributed by atoms with Gasteiger partial charge < -0.3 is 0 Å². The Labute approximate surface area is 91.3 Å². The molecule has 0 radical (unpaired) electrons. The van der Waals surface area contributed by atoms with E-state index in [1.807, 2.05) is 30.3 Å². The largest absolute Gasteiger partial charge is 0.204 e. The summed E-state index contributed by atoms with van der Waals surface area (Å²) in [6, 6.07) is 9.57. The topological polar surface area (TPSA) is 92.4 Å². The highest BCUT2D eigenvalue weighted by atomic mass is 15.6. The molecular formula is C9H9N7. The second kappa shape index (κ2) is 4.90. The molecule has 0 spiro atoms. The van der Waals surface area contributed by atoms with Crippen molar-refractivity contribution in [2.45, 2.75) is 6.54 Å². The third-order valence-corrected chi connectivity index (χ3v) is 1.95. The summed E-state index contributed by atoms with van der Waals surface area (Å²) in [5.41, 5.74) is 9.03. The van der Waals surface area contributed by atoms with Gasteiger partial charge in [-0.3, -0.25) is 0 Å². The van der Waals surface area contributed by atoms with Gasteiger partial charge in [-0.05, 0) is 10.7 Å². The van der Waals surface area contributed by atoms with Crippen LogP contribution in [0.2, 0.25) is 0 Å². The van der Waals surface area contributed by atoms with Crippen molar-refractivity contribution >= 4 is 0 Å². The molecule has 0 bridgehead atoms.